The topological polar surface area (TPSA) is 110 Å². The normalized spacial score (nSPS) is 21.0. The zero-order valence-electron chi connectivity index (χ0n) is 21.9. The zero-order chi connectivity index (χ0) is 26.9. The Morgan fingerprint density at radius 1 is 1.34 bits per heavy atom. The quantitative estimate of drug-likeness (QED) is 0.400. The van der Waals surface area contributed by atoms with Crippen LogP contribution in [-0.2, 0) is 9.53 Å². The number of benzene rings is 1. The molecule has 0 radical (unpaired) electrons. The highest BCUT2D eigenvalue weighted by Crippen LogP contribution is 2.33. The summed E-state index contributed by atoms with van der Waals surface area (Å²) in [5.41, 5.74) is 0.909. The molecule has 1 saturated carbocycles. The van der Waals surface area contributed by atoms with Crippen LogP contribution in [0.2, 0.25) is 0 Å². The fraction of sp³-hybridized carbons (Fsp3) is 0.360. The summed E-state index contributed by atoms with van der Waals surface area (Å²) < 4.78 is 47.5. The Hall–Kier alpha value is -3.79. The largest absolute Gasteiger partial charge is 0.494 e. The van der Waals surface area contributed by atoms with Gasteiger partial charge in [-0.05, 0) is 43.0 Å². The smallest absolute Gasteiger partial charge is 0.243 e. The van der Waals surface area contributed by atoms with Gasteiger partial charge in [-0.1, -0.05) is 12.6 Å². The van der Waals surface area contributed by atoms with Crippen LogP contribution in [0.1, 0.15) is 17.0 Å². The molecule has 5 rings (SSSR count). The number of fused-ring (bicyclic) bond motifs is 1. The van der Waals surface area contributed by atoms with Crippen molar-refractivity contribution in [1.29, 1.82) is 0 Å². The molecule has 1 aliphatic heterocycles. The lowest BCUT2D eigenvalue weighted by atomic mass is 10.1. The van der Waals surface area contributed by atoms with Crippen molar-refractivity contribution in [2.75, 3.05) is 37.4 Å². The first kappa shape index (κ1) is 19.5. The van der Waals surface area contributed by atoms with Gasteiger partial charge in [0.1, 0.15) is 5.52 Å². The molecule has 10 heteroatoms. The van der Waals surface area contributed by atoms with Crippen LogP contribution in [-0.4, -0.2) is 59.7 Å². The van der Waals surface area contributed by atoms with Gasteiger partial charge < -0.3 is 25.4 Å². The highest BCUT2D eigenvalue weighted by molar-refractivity contribution is 5.92. The van der Waals surface area contributed by atoms with Crippen LogP contribution in [0.25, 0.3) is 22.2 Å². The van der Waals surface area contributed by atoms with E-state index >= 15 is 4.39 Å². The fourth-order valence-electron chi connectivity index (χ4n) is 3.97. The van der Waals surface area contributed by atoms with Crippen molar-refractivity contribution >= 4 is 28.6 Å². The Balaban J connectivity index is 1.48. The number of halogens is 1. The maximum atomic E-state index is 15.3. The molecule has 2 fully saturated rings. The van der Waals surface area contributed by atoms with Crippen LogP contribution >= 0.6 is 0 Å². The summed E-state index contributed by atoms with van der Waals surface area (Å²) in [7, 11) is -2.79. The van der Waals surface area contributed by atoms with Gasteiger partial charge in [-0.15, -0.1) is 0 Å². The second-order valence-corrected chi connectivity index (χ2v) is 8.64. The number of nitrogens with one attached hydrogen (secondary N) is 3. The summed E-state index contributed by atoms with van der Waals surface area (Å²) >= 11 is 0. The number of hydrogen-bond acceptors (Lipinski definition) is 8. The number of aromatic nitrogens is 3. The van der Waals surface area contributed by atoms with Crippen LogP contribution in [0.15, 0.2) is 43.1 Å². The minimum atomic E-state index is -2.79. The van der Waals surface area contributed by atoms with E-state index in [2.05, 4.69) is 37.5 Å². The second-order valence-electron chi connectivity index (χ2n) is 8.64. The number of rotatable bonds is 9. The van der Waals surface area contributed by atoms with Crippen molar-refractivity contribution in [2.24, 2.45) is 5.92 Å². The molecule has 3 N–H and O–H groups in total. The van der Waals surface area contributed by atoms with Crippen molar-refractivity contribution in [3.8, 4) is 17.0 Å². The number of methoxy groups -OCH3 is 1. The molecule has 0 unspecified atom stereocenters. The van der Waals surface area contributed by atoms with Gasteiger partial charge in [-0.2, -0.15) is 0 Å². The van der Waals surface area contributed by atoms with Gasteiger partial charge in [-0.25, -0.2) is 19.3 Å². The minimum absolute atomic E-state index is 0.0919. The van der Waals surface area contributed by atoms with Crippen molar-refractivity contribution < 1.29 is 22.8 Å². The predicted molar refractivity (Wildman–Crippen MR) is 131 cm³/mol. The average Bonchev–Trinajstić information content (AvgIpc) is 3.62. The van der Waals surface area contributed by atoms with Crippen LogP contribution in [0, 0.1) is 11.7 Å². The van der Waals surface area contributed by atoms with Gasteiger partial charge in [0.2, 0.25) is 11.9 Å². The highest BCUT2D eigenvalue weighted by atomic mass is 19.1. The van der Waals surface area contributed by atoms with E-state index in [1.165, 1.54) is 24.3 Å². The SMILES string of the molecule is [2H]C([2H])([2H])Oc1cccc(-c2cc3cnc(N[C@@H]4COC[C@@H]4NC(=O)C=C)nc3c(NCC3CC3)n2)c1F. The van der Waals surface area contributed by atoms with E-state index in [4.69, 9.17) is 13.6 Å². The molecule has 2 aromatic heterocycles. The van der Waals surface area contributed by atoms with Gasteiger partial charge in [0, 0.05) is 23.7 Å². The number of amides is 1. The monoisotopic (exact) mass is 481 g/mol. The Morgan fingerprint density at radius 3 is 3.00 bits per heavy atom. The average molecular weight is 482 g/mol. The molecule has 3 heterocycles. The van der Waals surface area contributed by atoms with E-state index in [9.17, 15) is 4.79 Å². The minimum Gasteiger partial charge on any atom is -0.494 e. The lowest BCUT2D eigenvalue weighted by molar-refractivity contribution is -0.117. The molecule has 2 atom stereocenters. The van der Waals surface area contributed by atoms with Gasteiger partial charge >= 0.3 is 0 Å². The van der Waals surface area contributed by atoms with Crippen molar-refractivity contribution in [2.45, 2.75) is 24.9 Å². The highest BCUT2D eigenvalue weighted by Gasteiger charge is 2.30. The van der Waals surface area contributed by atoms with Crippen LogP contribution in [0.4, 0.5) is 16.2 Å². The van der Waals surface area contributed by atoms with Crippen molar-refractivity contribution in [3.63, 3.8) is 0 Å². The Morgan fingerprint density at radius 2 is 2.20 bits per heavy atom. The number of anilines is 2. The van der Waals surface area contributed by atoms with Gasteiger partial charge in [-0.3, -0.25) is 4.79 Å². The molecule has 0 bridgehead atoms. The maximum absolute atomic E-state index is 15.3. The molecule has 1 aromatic carbocycles. The first-order chi connectivity index (χ1) is 18.2. The summed E-state index contributed by atoms with van der Waals surface area (Å²) in [4.78, 5) is 25.5. The first-order valence-corrected chi connectivity index (χ1v) is 11.4. The third-order valence-electron chi connectivity index (χ3n) is 6.08. The summed E-state index contributed by atoms with van der Waals surface area (Å²) in [5.74, 6) is -0.186. The molecule has 182 valence electrons. The van der Waals surface area contributed by atoms with Crippen molar-refractivity contribution in [3.05, 3.63) is 48.9 Å². The number of hydrogen-bond donors (Lipinski definition) is 3. The predicted octanol–water partition coefficient (Wildman–Crippen LogP) is 3.14. The van der Waals surface area contributed by atoms with E-state index in [1.54, 1.807) is 12.3 Å². The molecule has 1 saturated heterocycles. The second kappa shape index (κ2) is 9.83. The lowest BCUT2D eigenvalue weighted by Crippen LogP contribution is -2.45. The number of carbonyl (C=O) groups excluding carboxylic acids is 1. The molecular formula is C25H27FN6O3. The Kier molecular flexibility index (Phi) is 5.48. The standard InChI is InChI=1S/C25H27FN6O3/c1-3-21(33)29-18-12-35-13-19(18)31-25-28-11-15-9-17(16-5-4-6-20(34-2)22(16)26)30-24(23(15)32-25)27-10-14-7-8-14/h3-6,9,11,14,18-19H,1,7-8,10,12-13H2,2H3,(H,27,30)(H,29,33)(H,28,31,32)/t18-,19+/m0/s1/i2D3. The molecule has 3 aromatic rings. The van der Waals surface area contributed by atoms with Gasteiger partial charge in [0.15, 0.2) is 17.4 Å². The third kappa shape index (κ3) is 5.02. The number of nitrogens with zero attached hydrogens (tertiary/aromatic N) is 3. The van der Waals surface area contributed by atoms with E-state index in [0.29, 0.717) is 48.3 Å². The van der Waals surface area contributed by atoms with Crippen molar-refractivity contribution in [1.82, 2.24) is 20.3 Å². The molecule has 1 aliphatic carbocycles. The molecule has 9 nitrogen and oxygen atoms in total. The third-order valence-corrected chi connectivity index (χ3v) is 6.08. The maximum Gasteiger partial charge on any atom is 0.243 e. The van der Waals surface area contributed by atoms with Crippen LogP contribution in [0.5, 0.6) is 5.75 Å². The van der Waals surface area contributed by atoms with E-state index < -0.39 is 12.9 Å². The molecular weight excluding hydrogens is 451 g/mol. The van der Waals surface area contributed by atoms with Gasteiger partial charge in [0.05, 0.1) is 42.1 Å². The first-order valence-electron chi connectivity index (χ1n) is 12.9. The van der Waals surface area contributed by atoms with Crippen LogP contribution in [0.3, 0.4) is 0 Å². The molecule has 1 amide bonds. The number of pyridine rings is 1. The van der Waals surface area contributed by atoms with Crippen LogP contribution < -0.4 is 20.7 Å². The Bertz CT molecular complexity index is 1370. The van der Waals surface area contributed by atoms with E-state index in [0.717, 1.165) is 12.8 Å². The number of ether oxygens (including phenoxy) is 2. The summed E-state index contributed by atoms with van der Waals surface area (Å²) in [6, 6.07) is 5.40. The van der Waals surface area contributed by atoms with Gasteiger partial charge in [0.25, 0.3) is 0 Å². The zero-order valence-corrected chi connectivity index (χ0v) is 18.9. The summed E-state index contributed by atoms with van der Waals surface area (Å²) in [5, 5.41) is 9.99. The summed E-state index contributed by atoms with van der Waals surface area (Å²) in [6.45, 7) is 4.88. The van der Waals surface area contributed by atoms with E-state index in [-0.39, 0.29) is 35.0 Å². The molecule has 35 heavy (non-hydrogen) atoms. The summed E-state index contributed by atoms with van der Waals surface area (Å²) in [6.07, 6.45) is 5.05. The number of carbonyl (C=O) groups is 1. The molecule has 0 spiro atoms. The lowest BCUT2D eigenvalue weighted by Gasteiger charge is -2.20. The molecule has 2 aliphatic rings. The van der Waals surface area contributed by atoms with E-state index in [1.807, 2.05) is 0 Å². The Labute approximate surface area is 206 Å². The fourth-order valence-corrected chi connectivity index (χ4v) is 3.97.